The SMILES string of the molecule is CN=C(NCc1cccc2c1OCCCO2)N1CCN(S(=O)(=O)Cc2ccon2)CC1.I. The monoisotopic (exact) mass is 577 g/mol. The highest BCUT2D eigenvalue weighted by Gasteiger charge is 2.29. The van der Waals surface area contributed by atoms with Crippen molar-refractivity contribution in [2.24, 2.45) is 4.99 Å². The van der Waals surface area contributed by atoms with Gasteiger partial charge in [0.1, 0.15) is 12.0 Å². The molecular formula is C20H28IN5O5S. The minimum absolute atomic E-state index is 0. The van der Waals surface area contributed by atoms with Crippen LogP contribution in [0.1, 0.15) is 17.7 Å². The molecule has 0 atom stereocenters. The van der Waals surface area contributed by atoms with Crippen molar-refractivity contribution in [2.45, 2.75) is 18.7 Å². The standard InChI is InChI=1S/C20H27N5O5S.HI/c1-21-20(22-14-16-4-2-5-18-19(16)29-12-3-11-28-18)24-7-9-25(10-8-24)31(26,27)15-17-6-13-30-23-17;/h2,4-6,13H,3,7-12,14-15H2,1H3,(H,21,22);1H. The Morgan fingerprint density at radius 1 is 1.16 bits per heavy atom. The predicted octanol–water partition coefficient (Wildman–Crippen LogP) is 1.68. The first kappa shape index (κ1) is 24.6. The van der Waals surface area contributed by atoms with Crippen LogP contribution < -0.4 is 14.8 Å². The number of sulfonamides is 1. The van der Waals surface area contributed by atoms with Gasteiger partial charge in [0.15, 0.2) is 17.5 Å². The number of nitrogens with one attached hydrogen (secondary N) is 1. The Morgan fingerprint density at radius 3 is 2.66 bits per heavy atom. The second-order valence-electron chi connectivity index (χ2n) is 7.33. The average Bonchev–Trinajstić information content (AvgIpc) is 3.15. The van der Waals surface area contributed by atoms with E-state index in [0.717, 1.165) is 29.4 Å². The summed E-state index contributed by atoms with van der Waals surface area (Å²) in [6.07, 6.45) is 2.23. The van der Waals surface area contributed by atoms with Crippen LogP contribution in [-0.4, -0.2) is 75.2 Å². The van der Waals surface area contributed by atoms with Crippen LogP contribution in [0.5, 0.6) is 11.5 Å². The zero-order chi connectivity index (χ0) is 21.7. The number of rotatable bonds is 5. The molecule has 0 saturated carbocycles. The van der Waals surface area contributed by atoms with Crippen molar-refractivity contribution in [3.05, 3.63) is 41.8 Å². The Kier molecular flexibility index (Phi) is 8.59. The van der Waals surface area contributed by atoms with Crippen molar-refractivity contribution in [2.75, 3.05) is 46.4 Å². The number of benzene rings is 1. The molecule has 0 bridgehead atoms. The van der Waals surface area contributed by atoms with Crippen LogP contribution in [0.4, 0.5) is 0 Å². The van der Waals surface area contributed by atoms with E-state index in [9.17, 15) is 8.42 Å². The van der Waals surface area contributed by atoms with Crippen molar-refractivity contribution >= 4 is 40.0 Å². The third kappa shape index (κ3) is 5.84. The van der Waals surface area contributed by atoms with E-state index < -0.39 is 10.0 Å². The number of fused-ring (bicyclic) bond motifs is 1. The molecule has 12 heteroatoms. The van der Waals surface area contributed by atoms with Gasteiger partial charge in [-0.25, -0.2) is 8.42 Å². The molecule has 0 aliphatic carbocycles. The molecule has 32 heavy (non-hydrogen) atoms. The molecule has 10 nitrogen and oxygen atoms in total. The first-order chi connectivity index (χ1) is 15.1. The molecule has 3 heterocycles. The number of aromatic nitrogens is 1. The Bertz CT molecular complexity index is 1010. The van der Waals surface area contributed by atoms with Crippen LogP contribution in [0.2, 0.25) is 0 Å². The lowest BCUT2D eigenvalue weighted by Crippen LogP contribution is -2.53. The number of para-hydroxylation sites is 1. The van der Waals surface area contributed by atoms with E-state index in [2.05, 4.69) is 20.4 Å². The predicted molar refractivity (Wildman–Crippen MR) is 130 cm³/mol. The highest BCUT2D eigenvalue weighted by Crippen LogP contribution is 2.33. The van der Waals surface area contributed by atoms with Crippen molar-refractivity contribution in [1.29, 1.82) is 0 Å². The first-order valence-corrected chi connectivity index (χ1v) is 11.9. The molecule has 1 fully saturated rings. The van der Waals surface area contributed by atoms with Crippen molar-refractivity contribution in [1.82, 2.24) is 19.7 Å². The molecule has 176 valence electrons. The largest absolute Gasteiger partial charge is 0.490 e. The van der Waals surface area contributed by atoms with Crippen molar-refractivity contribution < 1.29 is 22.4 Å². The van der Waals surface area contributed by atoms with Gasteiger partial charge in [-0.2, -0.15) is 4.31 Å². The number of guanidine groups is 1. The summed E-state index contributed by atoms with van der Waals surface area (Å²) in [5, 5.41) is 7.07. The van der Waals surface area contributed by atoms with Crippen LogP contribution in [-0.2, 0) is 22.3 Å². The topological polar surface area (TPSA) is 110 Å². The van der Waals surface area contributed by atoms with Gasteiger partial charge in [-0.05, 0) is 6.07 Å². The number of hydrogen-bond acceptors (Lipinski definition) is 7. The van der Waals surface area contributed by atoms with E-state index in [0.29, 0.717) is 51.6 Å². The summed E-state index contributed by atoms with van der Waals surface area (Å²) in [5.74, 6) is 2.10. The molecular weight excluding hydrogens is 549 g/mol. The third-order valence-electron chi connectivity index (χ3n) is 5.25. The summed E-state index contributed by atoms with van der Waals surface area (Å²) in [7, 11) is -1.71. The summed E-state index contributed by atoms with van der Waals surface area (Å²) >= 11 is 0. The molecule has 1 N–H and O–H groups in total. The summed E-state index contributed by atoms with van der Waals surface area (Å²) in [5.41, 5.74) is 1.41. The molecule has 2 aliphatic heterocycles. The maximum Gasteiger partial charge on any atom is 0.220 e. The molecule has 2 aliphatic rings. The summed E-state index contributed by atoms with van der Waals surface area (Å²) in [4.78, 5) is 6.43. The third-order valence-corrected chi connectivity index (χ3v) is 7.07. The first-order valence-electron chi connectivity index (χ1n) is 10.3. The second-order valence-corrected chi connectivity index (χ2v) is 9.30. The molecule has 0 spiro atoms. The van der Waals surface area contributed by atoms with Crippen LogP contribution in [0.15, 0.2) is 40.0 Å². The minimum atomic E-state index is -3.44. The molecule has 2 aromatic rings. The molecule has 0 amide bonds. The highest BCUT2D eigenvalue weighted by molar-refractivity contribution is 14.0. The Balaban J connectivity index is 0.00000289. The van der Waals surface area contributed by atoms with E-state index >= 15 is 0 Å². The Labute approximate surface area is 205 Å². The van der Waals surface area contributed by atoms with Crippen molar-refractivity contribution in [3.8, 4) is 11.5 Å². The van der Waals surface area contributed by atoms with Gasteiger partial charge < -0.3 is 24.2 Å². The number of nitrogens with zero attached hydrogens (tertiary/aromatic N) is 4. The van der Waals surface area contributed by atoms with Crippen LogP contribution in [0.3, 0.4) is 0 Å². The van der Waals surface area contributed by atoms with E-state index in [1.807, 2.05) is 18.2 Å². The highest BCUT2D eigenvalue weighted by atomic mass is 127. The molecule has 1 aromatic heterocycles. The number of halogens is 1. The van der Waals surface area contributed by atoms with E-state index in [4.69, 9.17) is 14.0 Å². The molecule has 1 aromatic carbocycles. The summed E-state index contributed by atoms with van der Waals surface area (Å²) in [6, 6.07) is 7.43. The number of piperazine rings is 1. The van der Waals surface area contributed by atoms with Gasteiger partial charge in [0.05, 0.1) is 18.9 Å². The maximum atomic E-state index is 12.6. The average molecular weight is 577 g/mol. The number of hydrogen-bond donors (Lipinski definition) is 1. The fourth-order valence-electron chi connectivity index (χ4n) is 3.67. The molecule has 1 saturated heterocycles. The fraction of sp³-hybridized carbons (Fsp3) is 0.500. The Hall–Kier alpha value is -2.06. The van der Waals surface area contributed by atoms with Crippen molar-refractivity contribution in [3.63, 3.8) is 0 Å². The van der Waals surface area contributed by atoms with Gasteiger partial charge in [0.25, 0.3) is 0 Å². The van der Waals surface area contributed by atoms with Crippen LogP contribution in [0, 0.1) is 0 Å². The number of ether oxygens (including phenoxy) is 2. The zero-order valence-electron chi connectivity index (χ0n) is 17.9. The van der Waals surface area contributed by atoms with Crippen LogP contribution >= 0.6 is 24.0 Å². The fourth-order valence-corrected chi connectivity index (χ4v) is 5.09. The van der Waals surface area contributed by atoms with E-state index in [1.54, 1.807) is 13.1 Å². The smallest absolute Gasteiger partial charge is 0.220 e. The van der Waals surface area contributed by atoms with E-state index in [-0.39, 0.29) is 29.7 Å². The van der Waals surface area contributed by atoms with Gasteiger partial charge in [-0.3, -0.25) is 4.99 Å². The second kappa shape index (κ2) is 11.2. The van der Waals surface area contributed by atoms with Gasteiger partial charge in [0.2, 0.25) is 10.0 Å². The molecule has 0 unspecified atom stereocenters. The quantitative estimate of drug-likeness (QED) is 0.325. The minimum Gasteiger partial charge on any atom is -0.490 e. The lowest BCUT2D eigenvalue weighted by atomic mass is 10.2. The van der Waals surface area contributed by atoms with Gasteiger partial charge in [0, 0.05) is 57.8 Å². The lowest BCUT2D eigenvalue weighted by Gasteiger charge is -2.35. The maximum absolute atomic E-state index is 12.6. The van der Waals surface area contributed by atoms with Gasteiger partial charge >= 0.3 is 0 Å². The van der Waals surface area contributed by atoms with Crippen LogP contribution in [0.25, 0.3) is 0 Å². The molecule has 0 radical (unpaired) electrons. The number of aliphatic imine (C=N–C) groups is 1. The normalized spacial score (nSPS) is 17.4. The molecule has 4 rings (SSSR count). The van der Waals surface area contributed by atoms with E-state index in [1.165, 1.54) is 10.6 Å². The van der Waals surface area contributed by atoms with Gasteiger partial charge in [-0.1, -0.05) is 17.3 Å². The lowest BCUT2D eigenvalue weighted by molar-refractivity contribution is 0.259. The van der Waals surface area contributed by atoms with Gasteiger partial charge in [-0.15, -0.1) is 24.0 Å². The summed E-state index contributed by atoms with van der Waals surface area (Å²) in [6.45, 7) is 3.67. The summed E-state index contributed by atoms with van der Waals surface area (Å²) < 4.78 is 43.1. The Morgan fingerprint density at radius 2 is 1.94 bits per heavy atom. The zero-order valence-corrected chi connectivity index (χ0v) is 21.0.